The maximum absolute atomic E-state index is 13.3. The molecule has 5 heterocycles. The molecule has 2 unspecified atom stereocenters. The van der Waals surface area contributed by atoms with Crippen molar-refractivity contribution in [2.24, 2.45) is 5.41 Å². The Bertz CT molecular complexity index is 2240. The number of hydrogen-bond donors (Lipinski definition) is 4. The number of aromatic amines is 2. The molecule has 3 aromatic heterocycles. The van der Waals surface area contributed by atoms with Gasteiger partial charge in [0, 0.05) is 33.2 Å². The highest BCUT2D eigenvalue weighted by Crippen LogP contribution is 2.45. The van der Waals surface area contributed by atoms with Crippen molar-refractivity contribution in [3.05, 3.63) is 69.3 Å². The van der Waals surface area contributed by atoms with Gasteiger partial charge in [-0.05, 0) is 112 Å². The van der Waals surface area contributed by atoms with E-state index in [-0.39, 0.29) is 22.3 Å². The number of carbonyl (C=O) groups is 4. The van der Waals surface area contributed by atoms with Crippen molar-refractivity contribution in [1.82, 2.24) is 19.9 Å². The van der Waals surface area contributed by atoms with Gasteiger partial charge in [-0.1, -0.05) is 13.8 Å². The summed E-state index contributed by atoms with van der Waals surface area (Å²) in [6.07, 6.45) is 1.45. The number of carboxylic acid groups (broad SMARTS) is 2. The van der Waals surface area contributed by atoms with E-state index in [9.17, 15) is 29.4 Å². The molecule has 2 atom stereocenters. The Kier molecular flexibility index (Phi) is 9.12. The van der Waals surface area contributed by atoms with Crippen LogP contribution in [0.5, 0.6) is 0 Å². The van der Waals surface area contributed by atoms with Crippen LogP contribution in [0, 0.1) is 19.3 Å². The van der Waals surface area contributed by atoms with Gasteiger partial charge in [0.1, 0.15) is 0 Å². The van der Waals surface area contributed by atoms with Gasteiger partial charge in [0.25, 0.3) is 0 Å². The van der Waals surface area contributed by atoms with Crippen LogP contribution >= 0.6 is 0 Å². The molecule has 50 heavy (non-hydrogen) atoms. The number of aliphatic carboxylic acids is 2. The molecule has 5 rings (SSSR count). The van der Waals surface area contributed by atoms with Gasteiger partial charge >= 0.3 is 23.9 Å². The number of hydrogen-bond acceptors (Lipinski definition) is 8. The lowest BCUT2D eigenvalue weighted by atomic mass is 9.77. The molecule has 12 heteroatoms. The number of allylic oxidation sites excluding steroid dienone is 3. The molecule has 3 aromatic rings. The molecule has 12 nitrogen and oxygen atoms in total. The highest BCUT2D eigenvalue weighted by Gasteiger charge is 2.50. The first-order valence-corrected chi connectivity index (χ1v) is 16.3. The van der Waals surface area contributed by atoms with E-state index >= 15 is 0 Å². The average Bonchev–Trinajstić information content (AvgIpc) is 3.75. The van der Waals surface area contributed by atoms with Gasteiger partial charge in [0.15, 0.2) is 10.8 Å². The topological polar surface area (TPSA) is 185 Å². The Labute approximate surface area is 289 Å². The van der Waals surface area contributed by atoms with Crippen molar-refractivity contribution < 1.29 is 38.9 Å². The van der Waals surface area contributed by atoms with Crippen LogP contribution in [0.4, 0.5) is 0 Å². The number of ether oxygens (including phenoxy) is 2. The summed E-state index contributed by atoms with van der Waals surface area (Å²) in [4.78, 5) is 69.2. The Balaban J connectivity index is 2.11. The first-order chi connectivity index (χ1) is 23.5. The number of rotatable bonds is 8. The summed E-state index contributed by atoms with van der Waals surface area (Å²) in [5.74, 6) is -4.95. The van der Waals surface area contributed by atoms with Gasteiger partial charge < -0.3 is 29.7 Å². The van der Waals surface area contributed by atoms with E-state index in [0.717, 1.165) is 66.1 Å². The fraction of sp³-hybridized carbons (Fsp3) is 0.368. The van der Waals surface area contributed by atoms with Crippen molar-refractivity contribution in [2.75, 3.05) is 14.2 Å². The first kappa shape index (κ1) is 35.8. The monoisotopic (exact) mass is 682 g/mol. The number of aryl methyl sites for hydroxylation is 3. The third-order valence-corrected chi connectivity index (χ3v) is 10.3. The maximum atomic E-state index is 13.3. The minimum atomic E-state index is -2.21. The lowest BCUT2D eigenvalue weighted by molar-refractivity contribution is -0.161. The van der Waals surface area contributed by atoms with E-state index < -0.39 is 34.7 Å². The zero-order chi connectivity index (χ0) is 37.0. The van der Waals surface area contributed by atoms with E-state index in [1.54, 1.807) is 26.0 Å². The number of carbonyl (C=O) groups excluding carboxylic acids is 2. The molecule has 2 aliphatic rings. The van der Waals surface area contributed by atoms with Crippen molar-refractivity contribution in [1.29, 1.82) is 0 Å². The Morgan fingerprint density at radius 3 is 1.68 bits per heavy atom. The molecule has 8 bridgehead atoms. The zero-order valence-corrected chi connectivity index (χ0v) is 30.0. The number of carboxylic acids is 2. The van der Waals surface area contributed by atoms with Gasteiger partial charge in [-0.25, -0.2) is 9.97 Å². The van der Waals surface area contributed by atoms with Gasteiger partial charge in [-0.3, -0.25) is 19.2 Å². The predicted octanol–water partition coefficient (Wildman–Crippen LogP) is 6.54. The molecular weight excluding hydrogens is 640 g/mol. The summed E-state index contributed by atoms with van der Waals surface area (Å²) in [6.45, 7) is 14.0. The molecule has 0 amide bonds. The average molecular weight is 683 g/mol. The van der Waals surface area contributed by atoms with Crippen molar-refractivity contribution in [3.63, 3.8) is 0 Å². The summed E-state index contributed by atoms with van der Waals surface area (Å²) < 4.78 is 10.0. The van der Waals surface area contributed by atoms with E-state index in [2.05, 4.69) is 23.8 Å². The highest BCUT2D eigenvalue weighted by molar-refractivity contribution is 6.16. The quantitative estimate of drug-likeness (QED) is 0.150. The van der Waals surface area contributed by atoms with E-state index in [1.165, 1.54) is 19.9 Å². The summed E-state index contributed by atoms with van der Waals surface area (Å²) in [7, 11) is 2.22. The molecule has 0 radical (unpaired) electrons. The number of esters is 2. The summed E-state index contributed by atoms with van der Waals surface area (Å²) >= 11 is 0. The maximum Gasteiger partial charge on any atom is 0.327 e. The SMILES string of the molecule is CCC1=C(C)c2cc3[nH]c(cc4nc(cc5[nH]c(cc1n2)c(CC)c5C)C(C)=C4C(C)(C(=O)O)C(=O)OC)c(C(C)(C(=O)O)C(=O)OC)c3C. The fourth-order valence-electron chi connectivity index (χ4n) is 7.28. The zero-order valence-electron chi connectivity index (χ0n) is 30.0. The molecule has 0 fully saturated rings. The van der Waals surface area contributed by atoms with E-state index in [0.29, 0.717) is 28.0 Å². The van der Waals surface area contributed by atoms with Gasteiger partial charge in [0.2, 0.25) is 0 Å². The standard InChI is InChI=1S/C38H42N4O8/c1-11-21-17(3)23-13-25-19(5)31(37(7,33(43)44)35(47)49-9)29(41-25)16-30-32(38(8,34(45)46)36(48)50-10)20(6)26(42-30)14-24-18(4)22(12-2)28(40-24)15-27(21)39-23/h13-16,39,42H,11-12H2,1-10H3,(H,43,44)(H,45,46). The van der Waals surface area contributed by atoms with Crippen LogP contribution in [0.1, 0.15) is 93.0 Å². The van der Waals surface area contributed by atoms with Crippen LogP contribution in [0.15, 0.2) is 24.3 Å². The Hall–Kier alpha value is -5.52. The molecule has 262 valence electrons. The van der Waals surface area contributed by atoms with Crippen LogP contribution in [-0.2, 0) is 40.5 Å². The summed E-state index contributed by atoms with van der Waals surface area (Å²) in [6, 6.07) is 7.11. The Morgan fingerprint density at radius 2 is 1.14 bits per heavy atom. The minimum absolute atomic E-state index is 0.0586. The molecule has 0 saturated carbocycles. The van der Waals surface area contributed by atoms with Crippen LogP contribution < -0.4 is 0 Å². The van der Waals surface area contributed by atoms with Crippen LogP contribution in [0.2, 0.25) is 0 Å². The van der Waals surface area contributed by atoms with Gasteiger partial charge in [0.05, 0.1) is 37.0 Å². The van der Waals surface area contributed by atoms with Crippen molar-refractivity contribution >= 4 is 68.2 Å². The molecule has 0 spiro atoms. The van der Waals surface area contributed by atoms with Crippen molar-refractivity contribution in [3.8, 4) is 0 Å². The van der Waals surface area contributed by atoms with Crippen molar-refractivity contribution in [2.45, 2.75) is 73.6 Å². The van der Waals surface area contributed by atoms with E-state index in [4.69, 9.17) is 19.4 Å². The molecule has 2 aliphatic heterocycles. The molecule has 4 N–H and O–H groups in total. The number of fused-ring (bicyclic) bond motifs is 8. The number of methoxy groups -OCH3 is 2. The number of H-pyrrole nitrogens is 2. The second-order valence-corrected chi connectivity index (χ2v) is 13.0. The molecule has 0 aliphatic carbocycles. The molecular formula is C38H42N4O8. The number of aromatic nitrogens is 4. The predicted molar refractivity (Wildman–Crippen MR) is 190 cm³/mol. The number of nitrogens with one attached hydrogen (secondary N) is 2. The lowest BCUT2D eigenvalue weighted by Crippen LogP contribution is -2.42. The molecule has 0 aromatic carbocycles. The summed E-state index contributed by atoms with van der Waals surface area (Å²) in [5, 5.41) is 21.1. The number of nitrogens with zero attached hydrogens (tertiary/aromatic N) is 2. The van der Waals surface area contributed by atoms with E-state index in [1.807, 2.05) is 19.9 Å². The highest BCUT2D eigenvalue weighted by atomic mass is 16.5. The minimum Gasteiger partial charge on any atom is -0.480 e. The van der Waals surface area contributed by atoms with Crippen LogP contribution in [0.25, 0.3) is 44.4 Å². The van der Waals surface area contributed by atoms with Gasteiger partial charge in [-0.2, -0.15) is 0 Å². The fourth-order valence-corrected chi connectivity index (χ4v) is 7.28. The normalized spacial score (nSPS) is 15.4. The smallest absolute Gasteiger partial charge is 0.327 e. The van der Waals surface area contributed by atoms with Gasteiger partial charge in [-0.15, -0.1) is 0 Å². The lowest BCUT2D eigenvalue weighted by Gasteiger charge is -2.24. The summed E-state index contributed by atoms with van der Waals surface area (Å²) in [5.41, 5.74) is 4.80. The third kappa shape index (κ3) is 5.21. The third-order valence-electron chi connectivity index (χ3n) is 10.3. The second kappa shape index (κ2) is 12.7. The first-order valence-electron chi connectivity index (χ1n) is 16.3. The largest absolute Gasteiger partial charge is 0.480 e. The second-order valence-electron chi connectivity index (χ2n) is 13.0. The molecule has 0 saturated heterocycles. The van der Waals surface area contributed by atoms with Crippen LogP contribution in [-0.4, -0.2) is 68.2 Å². The Morgan fingerprint density at radius 1 is 0.660 bits per heavy atom. The van der Waals surface area contributed by atoms with Crippen LogP contribution in [0.3, 0.4) is 0 Å².